The van der Waals surface area contributed by atoms with Gasteiger partial charge in [0.2, 0.25) is 0 Å². The van der Waals surface area contributed by atoms with Gasteiger partial charge in [0, 0.05) is 0 Å². The maximum Gasteiger partial charge on any atom is 0.266 e. The molecule has 1 aliphatic heterocycles. The van der Waals surface area contributed by atoms with Crippen LogP contribution in [0, 0.1) is 0 Å². The fourth-order valence-electron chi connectivity index (χ4n) is 3.11. The number of benzene rings is 2. The van der Waals surface area contributed by atoms with Crippen LogP contribution in [0.1, 0.15) is 18.5 Å². The van der Waals surface area contributed by atoms with Crippen molar-refractivity contribution >= 4 is 5.91 Å². The molecule has 0 bridgehead atoms. The normalized spacial score (nSPS) is 22.6. The number of aliphatic hydroxyl groups is 2. The number of ether oxygens (including phenoxy) is 1. The second-order valence-corrected chi connectivity index (χ2v) is 5.92. The van der Waals surface area contributed by atoms with Crippen LogP contribution in [-0.2, 0) is 4.79 Å². The molecule has 2 aromatic rings. The Morgan fingerprint density at radius 2 is 1.67 bits per heavy atom. The minimum Gasteiger partial charge on any atom is -0.478 e. The van der Waals surface area contributed by atoms with Gasteiger partial charge in [-0.15, -0.1) is 0 Å². The Labute approximate surface area is 141 Å². The van der Waals surface area contributed by atoms with E-state index in [0.29, 0.717) is 5.75 Å². The Balaban J connectivity index is 1.81. The first-order valence-electron chi connectivity index (χ1n) is 8.01. The molecule has 0 unspecified atom stereocenters. The van der Waals surface area contributed by atoms with Crippen LogP contribution in [0.15, 0.2) is 60.7 Å². The number of hydrogen-bond acceptors (Lipinski definition) is 4. The Kier molecular flexibility index (Phi) is 4.83. The monoisotopic (exact) mass is 327 g/mol. The molecule has 0 spiro atoms. The van der Waals surface area contributed by atoms with E-state index < -0.39 is 24.9 Å². The molecule has 4 atom stereocenters. The zero-order valence-corrected chi connectivity index (χ0v) is 13.4. The predicted octanol–water partition coefficient (Wildman–Crippen LogP) is 1.76. The Bertz CT molecular complexity index is 676. The lowest BCUT2D eigenvalue weighted by molar-refractivity contribution is -0.180. The lowest BCUT2D eigenvalue weighted by Crippen LogP contribution is -2.71. The van der Waals surface area contributed by atoms with Crippen LogP contribution in [0.2, 0.25) is 0 Å². The second kappa shape index (κ2) is 7.03. The average molecular weight is 327 g/mol. The summed E-state index contributed by atoms with van der Waals surface area (Å²) in [5.74, 6) is 0.380. The van der Waals surface area contributed by atoms with Crippen molar-refractivity contribution in [3.05, 3.63) is 66.2 Å². The van der Waals surface area contributed by atoms with Crippen LogP contribution < -0.4 is 4.74 Å². The molecule has 2 aromatic carbocycles. The number of hydrogen-bond donors (Lipinski definition) is 2. The average Bonchev–Trinajstić information content (AvgIpc) is 2.64. The summed E-state index contributed by atoms with van der Waals surface area (Å²) in [4.78, 5) is 14.2. The number of nitrogens with zero attached hydrogens (tertiary/aromatic N) is 1. The van der Waals surface area contributed by atoms with Crippen LogP contribution in [0.5, 0.6) is 5.75 Å². The summed E-state index contributed by atoms with van der Waals surface area (Å²) >= 11 is 0. The molecule has 5 nitrogen and oxygen atoms in total. The summed E-state index contributed by atoms with van der Waals surface area (Å²) in [7, 11) is 0. The molecule has 3 rings (SSSR count). The highest BCUT2D eigenvalue weighted by Gasteiger charge is 2.54. The van der Waals surface area contributed by atoms with Gasteiger partial charge in [0.05, 0.1) is 12.6 Å². The summed E-state index contributed by atoms with van der Waals surface area (Å²) in [6, 6.07) is 17.8. The number of amides is 1. The maximum atomic E-state index is 12.6. The predicted molar refractivity (Wildman–Crippen MR) is 89.4 cm³/mol. The lowest BCUT2D eigenvalue weighted by Gasteiger charge is -2.51. The number of para-hydroxylation sites is 1. The summed E-state index contributed by atoms with van der Waals surface area (Å²) in [5.41, 5.74) is 0.971. The third-order valence-corrected chi connectivity index (χ3v) is 4.42. The molecule has 5 heteroatoms. The number of β-lactam (4-membered cyclic amide) rings is 1. The number of rotatable bonds is 6. The Morgan fingerprint density at radius 3 is 2.25 bits per heavy atom. The van der Waals surface area contributed by atoms with Crippen LogP contribution in [0.3, 0.4) is 0 Å². The van der Waals surface area contributed by atoms with E-state index in [1.54, 1.807) is 17.0 Å². The molecule has 1 saturated heterocycles. The molecule has 1 amide bonds. The van der Waals surface area contributed by atoms with Crippen LogP contribution in [-0.4, -0.2) is 45.9 Å². The van der Waals surface area contributed by atoms with Gasteiger partial charge in [-0.25, -0.2) is 0 Å². The smallest absolute Gasteiger partial charge is 0.266 e. The molecule has 1 aliphatic rings. The van der Waals surface area contributed by atoms with Crippen molar-refractivity contribution in [2.45, 2.75) is 31.2 Å². The van der Waals surface area contributed by atoms with E-state index in [2.05, 4.69) is 0 Å². The number of likely N-dealkylation sites (tertiary alicyclic amines) is 1. The van der Waals surface area contributed by atoms with E-state index in [1.807, 2.05) is 55.5 Å². The van der Waals surface area contributed by atoms with E-state index in [-0.39, 0.29) is 11.9 Å². The van der Waals surface area contributed by atoms with Gasteiger partial charge in [-0.1, -0.05) is 48.5 Å². The quantitative estimate of drug-likeness (QED) is 0.793. The summed E-state index contributed by atoms with van der Waals surface area (Å²) in [6.07, 6.45) is -1.84. The Morgan fingerprint density at radius 1 is 1.08 bits per heavy atom. The number of carbonyl (C=O) groups excluding carboxylic acids is 1. The number of aliphatic hydroxyl groups excluding tert-OH is 2. The summed E-state index contributed by atoms with van der Waals surface area (Å²) in [6.45, 7) is 1.48. The first kappa shape index (κ1) is 16.5. The van der Waals surface area contributed by atoms with Crippen molar-refractivity contribution < 1.29 is 19.7 Å². The zero-order valence-electron chi connectivity index (χ0n) is 13.4. The van der Waals surface area contributed by atoms with Crippen molar-refractivity contribution in [3.8, 4) is 5.75 Å². The second-order valence-electron chi connectivity index (χ2n) is 5.92. The fraction of sp³-hybridized carbons (Fsp3) is 0.316. The molecule has 0 aromatic heterocycles. The first-order chi connectivity index (χ1) is 11.6. The SMILES string of the molecule is C[C@H](c1ccccc1)N1C(=O)[C@@H](Oc2ccccc2)[C@H]1[C@H](O)CO. The topological polar surface area (TPSA) is 70.0 Å². The van der Waals surface area contributed by atoms with E-state index in [4.69, 9.17) is 4.74 Å². The third-order valence-electron chi connectivity index (χ3n) is 4.42. The van der Waals surface area contributed by atoms with Gasteiger partial charge in [-0.2, -0.15) is 0 Å². The van der Waals surface area contributed by atoms with Gasteiger partial charge in [-0.05, 0) is 24.6 Å². The largest absolute Gasteiger partial charge is 0.478 e. The first-order valence-corrected chi connectivity index (χ1v) is 8.01. The summed E-state index contributed by atoms with van der Waals surface area (Å²) in [5, 5.41) is 19.6. The Hall–Kier alpha value is -2.37. The van der Waals surface area contributed by atoms with Crippen LogP contribution >= 0.6 is 0 Å². The highest BCUT2D eigenvalue weighted by Crippen LogP contribution is 2.35. The van der Waals surface area contributed by atoms with Gasteiger partial charge < -0.3 is 19.8 Å². The highest BCUT2D eigenvalue weighted by molar-refractivity contribution is 5.89. The molecule has 0 radical (unpaired) electrons. The lowest BCUT2D eigenvalue weighted by atomic mass is 9.88. The van der Waals surface area contributed by atoms with Crippen molar-refractivity contribution in [1.29, 1.82) is 0 Å². The minimum atomic E-state index is -1.05. The minimum absolute atomic E-state index is 0.187. The molecule has 1 heterocycles. The maximum absolute atomic E-state index is 12.6. The van der Waals surface area contributed by atoms with Crippen LogP contribution in [0.25, 0.3) is 0 Å². The van der Waals surface area contributed by atoms with Gasteiger partial charge in [0.1, 0.15) is 17.9 Å². The molecule has 0 saturated carbocycles. The summed E-state index contributed by atoms with van der Waals surface area (Å²) < 4.78 is 5.75. The standard InChI is InChI=1S/C19H21NO4/c1-13(14-8-4-2-5-9-14)20-17(16(22)12-21)18(19(20)23)24-15-10-6-3-7-11-15/h2-11,13,16-18,21-22H,12H2,1H3/t13-,16-,17-,18+/m1/s1. The van der Waals surface area contributed by atoms with E-state index in [9.17, 15) is 15.0 Å². The van der Waals surface area contributed by atoms with Crippen LogP contribution in [0.4, 0.5) is 0 Å². The molecule has 126 valence electrons. The number of carbonyl (C=O) groups is 1. The van der Waals surface area contributed by atoms with E-state index in [0.717, 1.165) is 5.56 Å². The van der Waals surface area contributed by atoms with Crippen molar-refractivity contribution in [3.63, 3.8) is 0 Å². The molecule has 24 heavy (non-hydrogen) atoms. The molecule has 2 N–H and O–H groups in total. The third kappa shape index (κ3) is 3.00. The van der Waals surface area contributed by atoms with Crippen molar-refractivity contribution in [2.75, 3.05) is 6.61 Å². The van der Waals surface area contributed by atoms with E-state index in [1.165, 1.54) is 0 Å². The molecular weight excluding hydrogens is 306 g/mol. The molecule has 1 fully saturated rings. The molecular formula is C19H21NO4. The van der Waals surface area contributed by atoms with Gasteiger partial charge >= 0.3 is 0 Å². The highest BCUT2D eigenvalue weighted by atomic mass is 16.5. The fourth-order valence-corrected chi connectivity index (χ4v) is 3.11. The van der Waals surface area contributed by atoms with Crippen molar-refractivity contribution in [2.24, 2.45) is 0 Å². The zero-order chi connectivity index (χ0) is 17.1. The molecule has 0 aliphatic carbocycles. The van der Waals surface area contributed by atoms with E-state index >= 15 is 0 Å². The van der Waals surface area contributed by atoms with Gasteiger partial charge in [0.15, 0.2) is 6.10 Å². The van der Waals surface area contributed by atoms with Gasteiger partial charge in [0.25, 0.3) is 5.91 Å². The van der Waals surface area contributed by atoms with Gasteiger partial charge in [-0.3, -0.25) is 4.79 Å². The van der Waals surface area contributed by atoms with Crippen molar-refractivity contribution in [1.82, 2.24) is 4.90 Å².